The lowest BCUT2D eigenvalue weighted by Gasteiger charge is -2.06. The fraction of sp³-hybridized carbons (Fsp3) is 0.150. The number of thioether (sulfide) groups is 1. The standard InChI is InChI=1S/C20H19NOS/c22-20(21-13-16-6-2-1-3-7-16)15-23-14-17-10-11-18-8-4-5-9-19(18)12-17/h1-12H,13-15H2,(H,21,22). The molecule has 0 spiro atoms. The van der Waals surface area contributed by atoms with Crippen molar-refractivity contribution < 1.29 is 4.79 Å². The first-order valence-electron chi connectivity index (χ1n) is 7.67. The maximum atomic E-state index is 11.9. The maximum Gasteiger partial charge on any atom is 0.230 e. The van der Waals surface area contributed by atoms with Crippen LogP contribution in [-0.4, -0.2) is 11.7 Å². The molecule has 1 N–H and O–H groups in total. The number of fused-ring (bicyclic) bond motifs is 1. The Hall–Kier alpha value is -2.26. The molecule has 0 bridgehead atoms. The van der Waals surface area contributed by atoms with Gasteiger partial charge >= 0.3 is 0 Å². The van der Waals surface area contributed by atoms with E-state index in [1.165, 1.54) is 16.3 Å². The summed E-state index contributed by atoms with van der Waals surface area (Å²) in [7, 11) is 0. The molecule has 0 heterocycles. The van der Waals surface area contributed by atoms with Crippen molar-refractivity contribution in [2.75, 3.05) is 5.75 Å². The number of hydrogen-bond donors (Lipinski definition) is 1. The molecule has 3 rings (SSSR count). The molecule has 2 nitrogen and oxygen atoms in total. The zero-order valence-electron chi connectivity index (χ0n) is 12.9. The van der Waals surface area contributed by atoms with Crippen molar-refractivity contribution in [2.45, 2.75) is 12.3 Å². The molecule has 1 amide bonds. The molecule has 0 saturated carbocycles. The second-order valence-corrected chi connectivity index (χ2v) is 6.42. The number of nitrogens with one attached hydrogen (secondary N) is 1. The smallest absolute Gasteiger partial charge is 0.230 e. The average molecular weight is 321 g/mol. The van der Waals surface area contributed by atoms with Gasteiger partial charge in [0.1, 0.15) is 0 Å². The lowest BCUT2D eigenvalue weighted by atomic mass is 10.1. The van der Waals surface area contributed by atoms with Gasteiger partial charge in [-0.2, -0.15) is 0 Å². The molecule has 3 aromatic rings. The van der Waals surface area contributed by atoms with Gasteiger partial charge in [-0.25, -0.2) is 0 Å². The van der Waals surface area contributed by atoms with E-state index >= 15 is 0 Å². The summed E-state index contributed by atoms with van der Waals surface area (Å²) in [6.07, 6.45) is 0. The summed E-state index contributed by atoms with van der Waals surface area (Å²) in [6, 6.07) is 24.8. The molecular formula is C20H19NOS. The van der Waals surface area contributed by atoms with Gasteiger partial charge in [-0.05, 0) is 21.9 Å². The number of benzene rings is 3. The van der Waals surface area contributed by atoms with Crippen molar-refractivity contribution in [3.8, 4) is 0 Å². The molecule has 0 aliphatic rings. The number of amides is 1. The van der Waals surface area contributed by atoms with Crippen LogP contribution in [0.15, 0.2) is 72.8 Å². The molecule has 3 aromatic carbocycles. The minimum Gasteiger partial charge on any atom is -0.351 e. The predicted molar refractivity (Wildman–Crippen MR) is 98.4 cm³/mol. The third-order valence-electron chi connectivity index (χ3n) is 3.65. The number of hydrogen-bond acceptors (Lipinski definition) is 2. The Bertz CT molecular complexity index is 786. The SMILES string of the molecule is O=C(CSCc1ccc2ccccc2c1)NCc1ccccc1. The largest absolute Gasteiger partial charge is 0.351 e. The van der Waals surface area contributed by atoms with E-state index in [4.69, 9.17) is 0 Å². The van der Waals surface area contributed by atoms with E-state index < -0.39 is 0 Å². The highest BCUT2D eigenvalue weighted by Gasteiger charge is 2.03. The van der Waals surface area contributed by atoms with Gasteiger partial charge in [0, 0.05) is 12.3 Å². The molecule has 0 atom stereocenters. The monoisotopic (exact) mass is 321 g/mol. The van der Waals surface area contributed by atoms with Gasteiger partial charge in [-0.15, -0.1) is 11.8 Å². The lowest BCUT2D eigenvalue weighted by Crippen LogP contribution is -2.24. The van der Waals surface area contributed by atoms with E-state index in [9.17, 15) is 4.79 Å². The van der Waals surface area contributed by atoms with Gasteiger partial charge in [0.25, 0.3) is 0 Å². The number of rotatable bonds is 6. The van der Waals surface area contributed by atoms with Crippen molar-refractivity contribution in [3.63, 3.8) is 0 Å². The summed E-state index contributed by atoms with van der Waals surface area (Å²) >= 11 is 1.65. The molecule has 23 heavy (non-hydrogen) atoms. The quantitative estimate of drug-likeness (QED) is 0.729. The molecule has 0 fully saturated rings. The van der Waals surface area contributed by atoms with Crippen molar-refractivity contribution in [1.29, 1.82) is 0 Å². The van der Waals surface area contributed by atoms with Crippen LogP contribution in [0.5, 0.6) is 0 Å². The first-order chi connectivity index (χ1) is 11.3. The Morgan fingerprint density at radius 1 is 0.826 bits per heavy atom. The molecular weight excluding hydrogens is 302 g/mol. The van der Waals surface area contributed by atoms with Crippen LogP contribution in [0.1, 0.15) is 11.1 Å². The van der Waals surface area contributed by atoms with Crippen LogP contribution in [0, 0.1) is 0 Å². The highest BCUT2D eigenvalue weighted by Crippen LogP contribution is 2.19. The van der Waals surface area contributed by atoms with E-state index in [0.29, 0.717) is 12.3 Å². The van der Waals surface area contributed by atoms with Gasteiger partial charge < -0.3 is 5.32 Å². The Morgan fingerprint density at radius 3 is 2.39 bits per heavy atom. The predicted octanol–water partition coefficient (Wildman–Crippen LogP) is 4.39. The Labute approximate surface area is 140 Å². The summed E-state index contributed by atoms with van der Waals surface area (Å²) in [5.74, 6) is 1.42. The second kappa shape index (κ2) is 7.84. The fourth-order valence-corrected chi connectivity index (χ4v) is 3.24. The summed E-state index contributed by atoms with van der Waals surface area (Å²) in [6.45, 7) is 0.593. The van der Waals surface area contributed by atoms with Crippen molar-refractivity contribution >= 4 is 28.4 Å². The molecule has 0 aromatic heterocycles. The topological polar surface area (TPSA) is 29.1 Å². The van der Waals surface area contributed by atoms with Crippen molar-refractivity contribution in [3.05, 3.63) is 83.9 Å². The Kier molecular flexibility index (Phi) is 5.33. The third-order valence-corrected chi connectivity index (χ3v) is 4.65. The second-order valence-electron chi connectivity index (χ2n) is 5.44. The van der Waals surface area contributed by atoms with Crippen molar-refractivity contribution in [2.24, 2.45) is 0 Å². The number of carbonyl (C=O) groups excluding carboxylic acids is 1. The minimum absolute atomic E-state index is 0.0830. The molecule has 0 aliphatic heterocycles. The zero-order valence-corrected chi connectivity index (χ0v) is 13.7. The summed E-state index contributed by atoms with van der Waals surface area (Å²) in [5, 5.41) is 5.46. The van der Waals surface area contributed by atoms with Gasteiger partial charge in [-0.3, -0.25) is 4.79 Å². The normalized spacial score (nSPS) is 10.6. The van der Waals surface area contributed by atoms with Crippen LogP contribution in [0.2, 0.25) is 0 Å². The van der Waals surface area contributed by atoms with E-state index in [-0.39, 0.29) is 5.91 Å². The van der Waals surface area contributed by atoms with Gasteiger partial charge in [0.2, 0.25) is 5.91 Å². The van der Waals surface area contributed by atoms with Gasteiger partial charge in [0.05, 0.1) is 5.75 Å². The highest BCUT2D eigenvalue weighted by molar-refractivity contribution is 7.99. The lowest BCUT2D eigenvalue weighted by molar-refractivity contribution is -0.118. The highest BCUT2D eigenvalue weighted by atomic mass is 32.2. The fourth-order valence-electron chi connectivity index (χ4n) is 2.44. The van der Waals surface area contributed by atoms with Crippen LogP contribution < -0.4 is 5.32 Å². The first-order valence-corrected chi connectivity index (χ1v) is 8.83. The van der Waals surface area contributed by atoms with Crippen LogP contribution in [0.3, 0.4) is 0 Å². The molecule has 0 radical (unpaired) electrons. The average Bonchev–Trinajstić information content (AvgIpc) is 2.61. The molecule has 0 aliphatic carbocycles. The van der Waals surface area contributed by atoms with E-state index in [2.05, 4.69) is 41.7 Å². The van der Waals surface area contributed by atoms with Crippen LogP contribution in [0.4, 0.5) is 0 Å². The third kappa shape index (κ3) is 4.60. The molecule has 3 heteroatoms. The summed E-state index contributed by atoms with van der Waals surface area (Å²) < 4.78 is 0. The number of carbonyl (C=O) groups is 1. The van der Waals surface area contributed by atoms with Crippen molar-refractivity contribution in [1.82, 2.24) is 5.32 Å². The summed E-state index contributed by atoms with van der Waals surface area (Å²) in [5.41, 5.74) is 2.38. The Balaban J connectivity index is 1.45. The van der Waals surface area contributed by atoms with Gasteiger partial charge in [0.15, 0.2) is 0 Å². The minimum atomic E-state index is 0.0830. The molecule has 0 unspecified atom stereocenters. The zero-order chi connectivity index (χ0) is 15.9. The Morgan fingerprint density at radius 2 is 1.57 bits per heavy atom. The molecule has 116 valence electrons. The van der Waals surface area contributed by atoms with Crippen LogP contribution >= 0.6 is 11.8 Å². The van der Waals surface area contributed by atoms with E-state index in [1.54, 1.807) is 11.8 Å². The summed E-state index contributed by atoms with van der Waals surface area (Å²) in [4.78, 5) is 11.9. The van der Waals surface area contributed by atoms with Crippen LogP contribution in [-0.2, 0) is 17.1 Å². The maximum absolute atomic E-state index is 11.9. The van der Waals surface area contributed by atoms with Gasteiger partial charge in [-0.1, -0.05) is 72.8 Å². The first kappa shape index (κ1) is 15.6. The van der Waals surface area contributed by atoms with Crippen LogP contribution in [0.25, 0.3) is 10.8 Å². The van der Waals surface area contributed by atoms with E-state index in [0.717, 1.165) is 11.3 Å². The van der Waals surface area contributed by atoms with E-state index in [1.807, 2.05) is 36.4 Å². The molecule has 0 saturated heterocycles.